The Hall–Kier alpha value is -1.27. The van der Waals surface area contributed by atoms with E-state index in [1.165, 1.54) is 22.0 Å². The molecule has 0 aromatic carbocycles. The second-order valence-electron chi connectivity index (χ2n) is 5.35. The molecule has 6 heteroatoms. The zero-order chi connectivity index (χ0) is 14.5. The summed E-state index contributed by atoms with van der Waals surface area (Å²) < 4.78 is 5.99. The number of hydrogen-bond acceptors (Lipinski definition) is 5. The Morgan fingerprint density at radius 1 is 1.40 bits per heavy atom. The molecule has 2 rings (SSSR count). The zero-order valence-electron chi connectivity index (χ0n) is 12.6. The zero-order valence-corrected chi connectivity index (χ0v) is 13.4. The molecule has 0 saturated heterocycles. The van der Waals surface area contributed by atoms with Gasteiger partial charge in [-0.3, -0.25) is 4.68 Å². The van der Waals surface area contributed by atoms with E-state index in [-0.39, 0.29) is 0 Å². The van der Waals surface area contributed by atoms with Crippen molar-refractivity contribution in [1.82, 2.24) is 24.7 Å². The Labute approximate surface area is 124 Å². The van der Waals surface area contributed by atoms with E-state index in [4.69, 9.17) is 0 Å². The van der Waals surface area contributed by atoms with E-state index in [0.29, 0.717) is 12.0 Å². The summed E-state index contributed by atoms with van der Waals surface area (Å²) in [4.78, 5) is 1.28. The Kier molecular flexibility index (Phi) is 5.25. The molecule has 2 aromatic rings. The van der Waals surface area contributed by atoms with Crippen LogP contribution in [0.2, 0.25) is 0 Å². The molecule has 0 aliphatic carbocycles. The van der Waals surface area contributed by atoms with Gasteiger partial charge in [0.05, 0.1) is 16.8 Å². The summed E-state index contributed by atoms with van der Waals surface area (Å²) in [6.45, 7) is 7.43. The van der Waals surface area contributed by atoms with Crippen molar-refractivity contribution in [1.29, 1.82) is 0 Å². The first kappa shape index (κ1) is 15.1. The maximum Gasteiger partial charge on any atom is 0.0829 e. The molecular formula is C14H23N5S. The minimum absolute atomic E-state index is 0.331. The van der Waals surface area contributed by atoms with E-state index in [1.54, 1.807) is 0 Å². The van der Waals surface area contributed by atoms with Gasteiger partial charge in [-0.05, 0) is 42.4 Å². The molecule has 0 aliphatic rings. The van der Waals surface area contributed by atoms with Crippen LogP contribution in [0.25, 0.3) is 0 Å². The van der Waals surface area contributed by atoms with Crippen LogP contribution in [0.1, 0.15) is 55.3 Å². The van der Waals surface area contributed by atoms with E-state index in [1.807, 2.05) is 17.9 Å². The highest BCUT2D eigenvalue weighted by Crippen LogP contribution is 2.29. The summed E-state index contributed by atoms with van der Waals surface area (Å²) in [6, 6.07) is 0.331. The minimum atomic E-state index is 0.331. The van der Waals surface area contributed by atoms with Crippen LogP contribution >= 0.6 is 11.5 Å². The summed E-state index contributed by atoms with van der Waals surface area (Å²) in [5.74, 6) is 0.420. The summed E-state index contributed by atoms with van der Waals surface area (Å²) in [7, 11) is 1.95. The second kappa shape index (κ2) is 6.95. The highest BCUT2D eigenvalue weighted by molar-refractivity contribution is 7.05. The minimum Gasteiger partial charge on any atom is -0.309 e. The average Bonchev–Trinajstić information content (AvgIpc) is 3.03. The standard InChI is InChI=1S/C14H23N5S/c1-5-15-12(7-6-11-8-16-19(4)9-11)14-13(10(2)3)17-18-20-14/h8-10,12,15H,5-7H2,1-4H3. The molecule has 0 bridgehead atoms. The van der Waals surface area contributed by atoms with Crippen LogP contribution in [0.4, 0.5) is 0 Å². The Morgan fingerprint density at radius 2 is 2.20 bits per heavy atom. The number of rotatable bonds is 7. The molecular weight excluding hydrogens is 270 g/mol. The first-order valence-corrected chi connectivity index (χ1v) is 7.92. The highest BCUT2D eigenvalue weighted by Gasteiger charge is 2.20. The van der Waals surface area contributed by atoms with Gasteiger partial charge in [-0.15, -0.1) is 5.10 Å². The van der Waals surface area contributed by atoms with Gasteiger partial charge in [0.2, 0.25) is 0 Å². The number of aromatic nitrogens is 4. The fourth-order valence-corrected chi connectivity index (χ4v) is 3.25. The normalized spacial score (nSPS) is 13.1. The number of aryl methyl sites for hydroxylation is 2. The molecule has 0 amide bonds. The van der Waals surface area contributed by atoms with Gasteiger partial charge in [0, 0.05) is 19.3 Å². The molecule has 0 aliphatic heterocycles. The molecule has 2 heterocycles. The van der Waals surface area contributed by atoms with E-state index < -0.39 is 0 Å². The molecule has 0 spiro atoms. The van der Waals surface area contributed by atoms with Crippen LogP contribution in [0, 0.1) is 0 Å². The van der Waals surface area contributed by atoms with Gasteiger partial charge >= 0.3 is 0 Å². The third kappa shape index (κ3) is 3.64. The van der Waals surface area contributed by atoms with Crippen molar-refractivity contribution in [3.05, 3.63) is 28.5 Å². The van der Waals surface area contributed by atoms with Gasteiger partial charge in [-0.25, -0.2) is 0 Å². The fraction of sp³-hybridized carbons (Fsp3) is 0.643. The van der Waals surface area contributed by atoms with Gasteiger partial charge in [0.1, 0.15) is 0 Å². The van der Waals surface area contributed by atoms with Crippen molar-refractivity contribution < 1.29 is 0 Å². The van der Waals surface area contributed by atoms with Crippen LogP contribution in [0.5, 0.6) is 0 Å². The summed E-state index contributed by atoms with van der Waals surface area (Å²) in [5, 5.41) is 12.1. The van der Waals surface area contributed by atoms with Crippen molar-refractivity contribution >= 4 is 11.5 Å². The molecule has 20 heavy (non-hydrogen) atoms. The quantitative estimate of drug-likeness (QED) is 0.852. The molecule has 0 saturated carbocycles. The van der Waals surface area contributed by atoms with Crippen LogP contribution in [-0.2, 0) is 13.5 Å². The highest BCUT2D eigenvalue weighted by atomic mass is 32.1. The van der Waals surface area contributed by atoms with Crippen LogP contribution in [0.3, 0.4) is 0 Å². The molecule has 110 valence electrons. The number of nitrogens with one attached hydrogen (secondary N) is 1. The lowest BCUT2D eigenvalue weighted by molar-refractivity contribution is 0.515. The van der Waals surface area contributed by atoms with Crippen LogP contribution < -0.4 is 5.32 Å². The predicted molar refractivity (Wildman–Crippen MR) is 81.9 cm³/mol. The van der Waals surface area contributed by atoms with Crippen molar-refractivity contribution in [2.24, 2.45) is 7.05 Å². The summed E-state index contributed by atoms with van der Waals surface area (Å²) in [5.41, 5.74) is 2.41. The van der Waals surface area contributed by atoms with Gasteiger partial charge in [-0.1, -0.05) is 25.3 Å². The topological polar surface area (TPSA) is 55.6 Å². The smallest absolute Gasteiger partial charge is 0.0829 e. The molecule has 0 radical (unpaired) electrons. The molecule has 2 aromatic heterocycles. The monoisotopic (exact) mass is 293 g/mol. The van der Waals surface area contributed by atoms with Crippen molar-refractivity contribution in [2.75, 3.05) is 6.54 Å². The third-order valence-electron chi connectivity index (χ3n) is 3.33. The van der Waals surface area contributed by atoms with Gasteiger partial charge in [-0.2, -0.15) is 5.10 Å². The lowest BCUT2D eigenvalue weighted by atomic mass is 10.0. The van der Waals surface area contributed by atoms with Gasteiger partial charge in [0.25, 0.3) is 0 Å². The lowest BCUT2D eigenvalue weighted by Gasteiger charge is -2.17. The molecule has 1 unspecified atom stereocenters. The van der Waals surface area contributed by atoms with E-state index in [0.717, 1.165) is 25.1 Å². The lowest BCUT2D eigenvalue weighted by Crippen LogP contribution is -2.22. The van der Waals surface area contributed by atoms with Crippen LogP contribution in [0.15, 0.2) is 12.4 Å². The maximum absolute atomic E-state index is 4.29. The van der Waals surface area contributed by atoms with Crippen LogP contribution in [-0.4, -0.2) is 25.9 Å². The maximum atomic E-state index is 4.29. The number of nitrogens with zero attached hydrogens (tertiary/aromatic N) is 4. The van der Waals surface area contributed by atoms with Crippen molar-refractivity contribution in [3.8, 4) is 0 Å². The average molecular weight is 293 g/mol. The first-order chi connectivity index (χ1) is 9.61. The van der Waals surface area contributed by atoms with E-state index in [2.05, 4.69) is 47.0 Å². The largest absolute Gasteiger partial charge is 0.309 e. The Morgan fingerprint density at radius 3 is 2.80 bits per heavy atom. The van der Waals surface area contributed by atoms with Gasteiger partial charge < -0.3 is 5.32 Å². The van der Waals surface area contributed by atoms with Crippen molar-refractivity contribution in [3.63, 3.8) is 0 Å². The van der Waals surface area contributed by atoms with E-state index >= 15 is 0 Å². The molecule has 1 atom stereocenters. The Bertz CT molecular complexity index is 531. The summed E-state index contributed by atoms with van der Waals surface area (Å²) >= 11 is 1.52. The SMILES string of the molecule is CCNC(CCc1cnn(C)c1)c1snnc1C(C)C. The molecule has 5 nitrogen and oxygen atoms in total. The fourth-order valence-electron chi connectivity index (χ4n) is 2.33. The second-order valence-corrected chi connectivity index (χ2v) is 6.13. The first-order valence-electron chi connectivity index (χ1n) is 7.14. The van der Waals surface area contributed by atoms with Gasteiger partial charge in [0.15, 0.2) is 0 Å². The predicted octanol–water partition coefficient (Wildman–Crippen LogP) is 2.68. The Balaban J connectivity index is 2.08. The number of hydrogen-bond donors (Lipinski definition) is 1. The van der Waals surface area contributed by atoms with E-state index in [9.17, 15) is 0 Å². The third-order valence-corrected chi connectivity index (χ3v) is 4.19. The van der Waals surface area contributed by atoms with Crippen molar-refractivity contribution in [2.45, 2.75) is 45.6 Å². The molecule has 1 N–H and O–H groups in total. The molecule has 0 fully saturated rings. The summed E-state index contributed by atoms with van der Waals surface area (Å²) in [6.07, 6.45) is 6.08.